The number of carbonyl (C=O) groups excluding carboxylic acids is 1. The van der Waals surface area contributed by atoms with E-state index in [1.165, 1.54) is 0 Å². The third kappa shape index (κ3) is 4.15. The number of ether oxygens (including phenoxy) is 2. The van der Waals surface area contributed by atoms with E-state index in [4.69, 9.17) is 9.47 Å². The van der Waals surface area contributed by atoms with Crippen LogP contribution in [0.2, 0.25) is 0 Å². The van der Waals surface area contributed by atoms with Crippen LogP contribution in [0.5, 0.6) is 11.5 Å². The monoisotopic (exact) mass is 450 g/mol. The standard InChI is InChI=1S/C30H26O4/c1-19-7-3-10-25-23(19)8-5-14-29(25)34-30(32)22-17-15-21(16-18-22)20(2)33-28-13-6-9-24-26(28)11-4-12-27(24)31/h3-5,7-8,10-12,14-18,28,31H,2,6,9,13H2,1H3. The Balaban J connectivity index is 1.30. The Morgan fingerprint density at radius 1 is 0.912 bits per heavy atom. The van der Waals surface area contributed by atoms with Gasteiger partial charge in [0.15, 0.2) is 0 Å². The number of benzene rings is 4. The molecule has 5 rings (SSSR count). The van der Waals surface area contributed by atoms with E-state index >= 15 is 0 Å². The van der Waals surface area contributed by atoms with Gasteiger partial charge >= 0.3 is 5.97 Å². The number of aromatic hydroxyl groups is 1. The van der Waals surface area contributed by atoms with Gasteiger partial charge in [-0.05, 0) is 67.0 Å². The highest BCUT2D eigenvalue weighted by molar-refractivity contribution is 5.96. The van der Waals surface area contributed by atoms with Crippen molar-refractivity contribution in [2.24, 2.45) is 0 Å². The zero-order chi connectivity index (χ0) is 23.7. The van der Waals surface area contributed by atoms with E-state index in [0.29, 0.717) is 22.8 Å². The lowest BCUT2D eigenvalue weighted by molar-refractivity contribution is 0.0737. The average Bonchev–Trinajstić information content (AvgIpc) is 2.85. The largest absolute Gasteiger partial charge is 0.508 e. The summed E-state index contributed by atoms with van der Waals surface area (Å²) in [5.41, 5.74) is 4.35. The summed E-state index contributed by atoms with van der Waals surface area (Å²) in [6.07, 6.45) is 2.51. The fourth-order valence-corrected chi connectivity index (χ4v) is 4.63. The maximum absolute atomic E-state index is 12.8. The van der Waals surface area contributed by atoms with E-state index in [9.17, 15) is 9.90 Å². The van der Waals surface area contributed by atoms with E-state index in [1.54, 1.807) is 18.2 Å². The van der Waals surface area contributed by atoms with Crippen LogP contribution >= 0.6 is 0 Å². The Labute approximate surface area is 199 Å². The number of esters is 1. The summed E-state index contributed by atoms with van der Waals surface area (Å²) in [5.74, 6) is 0.984. The van der Waals surface area contributed by atoms with Gasteiger partial charge in [0, 0.05) is 16.5 Å². The fourth-order valence-electron chi connectivity index (χ4n) is 4.63. The first kappa shape index (κ1) is 21.8. The van der Waals surface area contributed by atoms with Crippen molar-refractivity contribution in [3.63, 3.8) is 0 Å². The molecule has 0 aliphatic heterocycles. The molecule has 0 fully saturated rings. The van der Waals surface area contributed by atoms with Gasteiger partial charge in [0.25, 0.3) is 0 Å². The maximum atomic E-state index is 12.8. The number of carbonyl (C=O) groups is 1. The summed E-state index contributed by atoms with van der Waals surface area (Å²) < 4.78 is 11.9. The summed E-state index contributed by atoms with van der Waals surface area (Å²) in [7, 11) is 0. The second-order valence-electron chi connectivity index (χ2n) is 8.66. The van der Waals surface area contributed by atoms with Gasteiger partial charge in [0.05, 0.1) is 5.56 Å². The van der Waals surface area contributed by atoms with Crippen molar-refractivity contribution in [3.8, 4) is 11.5 Å². The van der Waals surface area contributed by atoms with Crippen molar-refractivity contribution >= 4 is 22.5 Å². The zero-order valence-corrected chi connectivity index (χ0v) is 19.1. The number of hydrogen-bond acceptors (Lipinski definition) is 4. The smallest absolute Gasteiger partial charge is 0.343 e. The molecule has 170 valence electrons. The van der Waals surface area contributed by atoms with Crippen LogP contribution in [0.4, 0.5) is 0 Å². The molecular formula is C30H26O4. The van der Waals surface area contributed by atoms with Crippen LogP contribution in [-0.2, 0) is 11.2 Å². The first-order valence-electron chi connectivity index (χ1n) is 11.5. The lowest BCUT2D eigenvalue weighted by atomic mass is 9.88. The van der Waals surface area contributed by atoms with Crippen LogP contribution in [0.1, 0.15) is 51.6 Å². The molecule has 1 atom stereocenters. The number of hydrogen-bond donors (Lipinski definition) is 1. The minimum Gasteiger partial charge on any atom is -0.508 e. The van der Waals surface area contributed by atoms with Crippen molar-refractivity contribution in [3.05, 3.63) is 113 Å². The van der Waals surface area contributed by atoms with Gasteiger partial charge in [0.1, 0.15) is 23.4 Å². The van der Waals surface area contributed by atoms with Crippen molar-refractivity contribution in [1.82, 2.24) is 0 Å². The van der Waals surface area contributed by atoms with E-state index in [-0.39, 0.29) is 6.10 Å². The van der Waals surface area contributed by atoms with Crippen LogP contribution in [0.3, 0.4) is 0 Å². The average molecular weight is 451 g/mol. The molecule has 0 aromatic heterocycles. The Hall–Kier alpha value is -4.05. The van der Waals surface area contributed by atoms with E-state index in [1.807, 2.05) is 67.6 Å². The topological polar surface area (TPSA) is 55.8 Å². The Morgan fingerprint density at radius 3 is 2.44 bits per heavy atom. The Bertz CT molecular complexity index is 1390. The Kier molecular flexibility index (Phi) is 5.81. The summed E-state index contributed by atoms with van der Waals surface area (Å²) in [5, 5.41) is 12.1. The van der Waals surface area contributed by atoms with Crippen LogP contribution in [0.15, 0.2) is 85.4 Å². The second kappa shape index (κ2) is 9.06. The molecule has 34 heavy (non-hydrogen) atoms. The van der Waals surface area contributed by atoms with Gasteiger partial charge < -0.3 is 14.6 Å². The lowest BCUT2D eigenvalue weighted by Gasteiger charge is -2.27. The summed E-state index contributed by atoms with van der Waals surface area (Å²) in [6, 6.07) is 24.3. The van der Waals surface area contributed by atoms with Crippen molar-refractivity contribution < 1.29 is 19.4 Å². The summed E-state index contributed by atoms with van der Waals surface area (Å²) in [6.45, 7) is 6.14. The molecule has 1 aliphatic carbocycles. The van der Waals surface area contributed by atoms with Gasteiger partial charge in [0.2, 0.25) is 0 Å². The molecule has 0 saturated carbocycles. The first-order chi connectivity index (χ1) is 16.5. The molecule has 0 spiro atoms. The van der Waals surface area contributed by atoms with Gasteiger partial charge in [-0.3, -0.25) is 0 Å². The summed E-state index contributed by atoms with van der Waals surface area (Å²) >= 11 is 0. The molecule has 1 N–H and O–H groups in total. The van der Waals surface area contributed by atoms with E-state index < -0.39 is 5.97 Å². The molecule has 4 nitrogen and oxygen atoms in total. The van der Waals surface area contributed by atoms with Gasteiger partial charge in [-0.2, -0.15) is 0 Å². The predicted octanol–water partition coefficient (Wildman–Crippen LogP) is 7.14. The molecule has 0 heterocycles. The van der Waals surface area contributed by atoms with Gasteiger partial charge in [-0.15, -0.1) is 0 Å². The first-order valence-corrected chi connectivity index (χ1v) is 11.5. The second-order valence-corrected chi connectivity index (χ2v) is 8.66. The third-order valence-electron chi connectivity index (χ3n) is 6.46. The molecular weight excluding hydrogens is 424 g/mol. The van der Waals surface area contributed by atoms with Crippen LogP contribution in [0.25, 0.3) is 16.5 Å². The molecule has 4 aromatic carbocycles. The highest BCUT2D eigenvalue weighted by Gasteiger charge is 2.24. The van der Waals surface area contributed by atoms with Crippen molar-refractivity contribution in [2.45, 2.75) is 32.3 Å². The van der Waals surface area contributed by atoms with E-state index in [0.717, 1.165) is 52.3 Å². The summed E-state index contributed by atoms with van der Waals surface area (Å²) in [4.78, 5) is 12.8. The highest BCUT2D eigenvalue weighted by Crippen LogP contribution is 2.39. The molecule has 4 heteroatoms. The number of phenols is 1. The minimum atomic E-state index is -0.413. The van der Waals surface area contributed by atoms with Crippen molar-refractivity contribution in [1.29, 1.82) is 0 Å². The highest BCUT2D eigenvalue weighted by atomic mass is 16.5. The quantitative estimate of drug-likeness (QED) is 0.199. The number of fused-ring (bicyclic) bond motifs is 2. The van der Waals surface area contributed by atoms with Crippen LogP contribution in [0, 0.1) is 6.92 Å². The van der Waals surface area contributed by atoms with Crippen LogP contribution < -0.4 is 4.74 Å². The molecule has 0 bridgehead atoms. The minimum absolute atomic E-state index is 0.150. The molecule has 0 radical (unpaired) electrons. The number of rotatable bonds is 5. The fraction of sp³-hybridized carbons (Fsp3) is 0.167. The number of phenolic OH excluding ortho intramolecular Hbond substituents is 1. The molecule has 1 unspecified atom stereocenters. The SMILES string of the molecule is C=C(OC1CCCc2c(O)cccc21)c1ccc(C(=O)Oc2cccc3c(C)cccc23)cc1. The molecule has 1 aliphatic rings. The van der Waals surface area contributed by atoms with Crippen LogP contribution in [-0.4, -0.2) is 11.1 Å². The number of aryl methyl sites for hydroxylation is 1. The normalized spacial score (nSPS) is 14.9. The predicted molar refractivity (Wildman–Crippen MR) is 134 cm³/mol. The van der Waals surface area contributed by atoms with E-state index in [2.05, 4.69) is 6.58 Å². The van der Waals surface area contributed by atoms with Gasteiger partial charge in [-0.1, -0.05) is 61.2 Å². The van der Waals surface area contributed by atoms with Gasteiger partial charge in [-0.25, -0.2) is 4.79 Å². The molecule has 0 saturated heterocycles. The Morgan fingerprint density at radius 2 is 1.62 bits per heavy atom. The lowest BCUT2D eigenvalue weighted by Crippen LogP contribution is -2.12. The zero-order valence-electron chi connectivity index (χ0n) is 19.1. The molecule has 0 amide bonds. The third-order valence-corrected chi connectivity index (χ3v) is 6.46. The van der Waals surface area contributed by atoms with Crippen molar-refractivity contribution in [2.75, 3.05) is 0 Å². The maximum Gasteiger partial charge on any atom is 0.343 e. The molecule has 4 aromatic rings.